The van der Waals surface area contributed by atoms with E-state index in [1.807, 2.05) is 0 Å². The fourth-order valence-corrected chi connectivity index (χ4v) is 4.56. The third-order valence-corrected chi connectivity index (χ3v) is 5.97. The van der Waals surface area contributed by atoms with Gasteiger partial charge in [0.15, 0.2) is 11.6 Å². The van der Waals surface area contributed by atoms with E-state index in [0.717, 1.165) is 12.8 Å². The molecule has 4 nitrogen and oxygen atoms in total. The standard InChI is InChI=1S/C22H22O4/c1-11(2)12-7-8-14-13(9-12)10-16-19(21(14)24)22(25)18-15(20(16)23)5-4-6-17(18)26-3/h4-6,9,11,13-14H,7-8,10H2,1-3H3. The van der Waals surface area contributed by atoms with E-state index in [4.69, 9.17) is 4.74 Å². The van der Waals surface area contributed by atoms with Crippen molar-refractivity contribution < 1.29 is 19.1 Å². The van der Waals surface area contributed by atoms with Crippen LogP contribution in [0.15, 0.2) is 41.0 Å². The summed E-state index contributed by atoms with van der Waals surface area (Å²) in [5.74, 6) is -0.0895. The number of ether oxygens (including phenoxy) is 1. The Bertz CT molecular complexity index is 901. The minimum Gasteiger partial charge on any atom is -0.496 e. The zero-order valence-corrected chi connectivity index (χ0v) is 15.3. The van der Waals surface area contributed by atoms with Crippen LogP contribution in [0, 0.1) is 17.8 Å². The van der Waals surface area contributed by atoms with Crippen molar-refractivity contribution in [2.45, 2.75) is 33.1 Å². The number of carbonyl (C=O) groups excluding carboxylic acids is 3. The first kappa shape index (κ1) is 17.0. The Hall–Kier alpha value is -2.49. The minimum absolute atomic E-state index is 0.0244. The van der Waals surface area contributed by atoms with Crippen LogP contribution in [0.1, 0.15) is 53.8 Å². The van der Waals surface area contributed by atoms with Crippen molar-refractivity contribution in [3.05, 3.63) is 52.1 Å². The molecule has 1 aromatic rings. The predicted octanol–water partition coefficient (Wildman–Crippen LogP) is 3.95. The van der Waals surface area contributed by atoms with Gasteiger partial charge in [0, 0.05) is 17.1 Å². The molecule has 1 aromatic carbocycles. The molecule has 2 atom stereocenters. The summed E-state index contributed by atoms with van der Waals surface area (Å²) in [6, 6.07) is 5.01. The molecule has 0 aliphatic heterocycles. The van der Waals surface area contributed by atoms with Crippen LogP contribution in [-0.2, 0) is 4.79 Å². The zero-order chi connectivity index (χ0) is 18.6. The van der Waals surface area contributed by atoms with Crippen LogP contribution in [0.2, 0.25) is 0 Å². The summed E-state index contributed by atoms with van der Waals surface area (Å²) in [6.07, 6.45) is 4.29. The van der Waals surface area contributed by atoms with Crippen molar-refractivity contribution in [1.29, 1.82) is 0 Å². The lowest BCUT2D eigenvalue weighted by Gasteiger charge is -2.37. The molecule has 0 saturated carbocycles. The molecule has 4 rings (SSSR count). The summed E-state index contributed by atoms with van der Waals surface area (Å²) >= 11 is 0. The predicted molar refractivity (Wildman–Crippen MR) is 97.4 cm³/mol. The highest BCUT2D eigenvalue weighted by atomic mass is 16.5. The lowest BCUT2D eigenvalue weighted by Crippen LogP contribution is -2.39. The Kier molecular flexibility index (Phi) is 3.94. The van der Waals surface area contributed by atoms with Gasteiger partial charge in [-0.1, -0.05) is 37.6 Å². The van der Waals surface area contributed by atoms with Gasteiger partial charge in [0.25, 0.3) is 0 Å². The number of allylic oxidation sites excluding steroid dienone is 4. The van der Waals surface area contributed by atoms with E-state index in [2.05, 4.69) is 19.9 Å². The summed E-state index contributed by atoms with van der Waals surface area (Å²) in [5.41, 5.74) is 2.43. The SMILES string of the molecule is COc1cccc2c1C(=O)C1=C(CC3C=C(C(C)C)CCC3C1=O)C2=O. The van der Waals surface area contributed by atoms with Gasteiger partial charge < -0.3 is 4.74 Å². The van der Waals surface area contributed by atoms with Crippen LogP contribution in [0.4, 0.5) is 0 Å². The van der Waals surface area contributed by atoms with Crippen molar-refractivity contribution in [2.75, 3.05) is 7.11 Å². The highest BCUT2D eigenvalue weighted by Crippen LogP contribution is 2.45. The topological polar surface area (TPSA) is 60.4 Å². The molecule has 0 radical (unpaired) electrons. The summed E-state index contributed by atoms with van der Waals surface area (Å²) in [7, 11) is 1.47. The molecule has 0 amide bonds. The van der Waals surface area contributed by atoms with E-state index in [1.54, 1.807) is 18.2 Å². The van der Waals surface area contributed by atoms with Crippen molar-refractivity contribution in [3.63, 3.8) is 0 Å². The molecule has 3 aliphatic rings. The molecule has 0 saturated heterocycles. The van der Waals surface area contributed by atoms with Crippen molar-refractivity contribution in [3.8, 4) is 5.75 Å². The lowest BCUT2D eigenvalue weighted by atomic mass is 9.64. The van der Waals surface area contributed by atoms with E-state index >= 15 is 0 Å². The molecule has 0 spiro atoms. The van der Waals surface area contributed by atoms with Gasteiger partial charge in [-0.15, -0.1) is 0 Å². The van der Waals surface area contributed by atoms with E-state index in [1.165, 1.54) is 12.7 Å². The molecular formula is C22H22O4. The molecule has 26 heavy (non-hydrogen) atoms. The number of hydrogen-bond donors (Lipinski definition) is 0. The molecule has 3 aliphatic carbocycles. The van der Waals surface area contributed by atoms with E-state index < -0.39 is 0 Å². The second-order valence-corrected chi connectivity index (χ2v) is 7.67. The van der Waals surface area contributed by atoms with Gasteiger partial charge in [0.1, 0.15) is 5.75 Å². The first-order valence-electron chi connectivity index (χ1n) is 9.18. The van der Waals surface area contributed by atoms with Gasteiger partial charge in [0.05, 0.1) is 18.2 Å². The first-order valence-corrected chi connectivity index (χ1v) is 9.18. The lowest BCUT2D eigenvalue weighted by molar-refractivity contribution is -0.121. The summed E-state index contributed by atoms with van der Waals surface area (Å²) in [6.45, 7) is 4.30. The van der Waals surface area contributed by atoms with Gasteiger partial charge in [-0.05, 0) is 37.2 Å². The number of ketones is 3. The maximum atomic E-state index is 13.1. The number of benzene rings is 1. The minimum atomic E-state index is -0.353. The smallest absolute Gasteiger partial charge is 0.201 e. The number of Topliss-reactive ketones (excluding diaryl/α,β-unsaturated/α-hetero) is 3. The number of hydrogen-bond acceptors (Lipinski definition) is 4. The molecule has 134 valence electrons. The fourth-order valence-electron chi connectivity index (χ4n) is 4.56. The van der Waals surface area contributed by atoms with E-state index in [0.29, 0.717) is 29.2 Å². The van der Waals surface area contributed by atoms with Gasteiger partial charge in [-0.3, -0.25) is 14.4 Å². The van der Waals surface area contributed by atoms with Crippen molar-refractivity contribution in [2.24, 2.45) is 17.8 Å². The van der Waals surface area contributed by atoms with Gasteiger partial charge >= 0.3 is 0 Å². The largest absolute Gasteiger partial charge is 0.496 e. The molecule has 0 heterocycles. The van der Waals surface area contributed by atoms with E-state index in [-0.39, 0.29) is 40.3 Å². The molecule has 0 bridgehead atoms. The van der Waals surface area contributed by atoms with Crippen LogP contribution in [0.25, 0.3) is 0 Å². The molecule has 0 fully saturated rings. The number of fused-ring (bicyclic) bond motifs is 2. The second-order valence-electron chi connectivity index (χ2n) is 7.67. The van der Waals surface area contributed by atoms with Crippen molar-refractivity contribution >= 4 is 17.3 Å². The fraction of sp³-hybridized carbons (Fsp3) is 0.409. The van der Waals surface area contributed by atoms with E-state index in [9.17, 15) is 14.4 Å². The first-order chi connectivity index (χ1) is 12.4. The van der Waals surface area contributed by atoms with Crippen LogP contribution in [-0.4, -0.2) is 24.5 Å². The Balaban J connectivity index is 1.83. The summed E-state index contributed by atoms with van der Waals surface area (Å²) < 4.78 is 5.28. The van der Waals surface area contributed by atoms with Gasteiger partial charge in [0.2, 0.25) is 5.78 Å². The maximum absolute atomic E-state index is 13.1. The van der Waals surface area contributed by atoms with Crippen LogP contribution < -0.4 is 4.74 Å². The normalized spacial score (nSPS) is 24.9. The highest BCUT2D eigenvalue weighted by molar-refractivity contribution is 6.38. The van der Waals surface area contributed by atoms with Gasteiger partial charge in [-0.2, -0.15) is 0 Å². The van der Waals surface area contributed by atoms with Gasteiger partial charge in [-0.25, -0.2) is 0 Å². The molecule has 0 aromatic heterocycles. The average molecular weight is 350 g/mol. The van der Waals surface area contributed by atoms with Crippen LogP contribution >= 0.6 is 0 Å². The molecule has 4 heteroatoms. The Labute approximate surface area is 152 Å². The number of carbonyl (C=O) groups is 3. The monoisotopic (exact) mass is 350 g/mol. The summed E-state index contributed by atoms with van der Waals surface area (Å²) in [5, 5.41) is 0. The van der Waals surface area contributed by atoms with Crippen molar-refractivity contribution in [1.82, 2.24) is 0 Å². The summed E-state index contributed by atoms with van der Waals surface area (Å²) in [4.78, 5) is 39.3. The highest BCUT2D eigenvalue weighted by Gasteiger charge is 2.46. The molecule has 0 N–H and O–H groups in total. The Morgan fingerprint density at radius 3 is 2.58 bits per heavy atom. The number of rotatable bonds is 2. The molecular weight excluding hydrogens is 328 g/mol. The quantitative estimate of drug-likeness (QED) is 0.598. The third kappa shape index (κ3) is 2.32. The zero-order valence-electron chi connectivity index (χ0n) is 15.3. The second kappa shape index (κ2) is 6.04. The maximum Gasteiger partial charge on any atom is 0.201 e. The van der Waals surface area contributed by atoms with Crippen LogP contribution in [0.3, 0.4) is 0 Å². The number of methoxy groups -OCH3 is 1. The Morgan fingerprint density at radius 1 is 1.12 bits per heavy atom. The molecule has 2 unspecified atom stereocenters. The third-order valence-electron chi connectivity index (χ3n) is 5.97. The average Bonchev–Trinajstić information content (AvgIpc) is 2.64. The van der Waals surface area contributed by atoms with Crippen LogP contribution in [0.5, 0.6) is 5.75 Å². The Morgan fingerprint density at radius 2 is 1.88 bits per heavy atom.